The number of nitrogens with zero attached hydrogens (tertiary/aromatic N) is 2. The highest BCUT2D eigenvalue weighted by Crippen LogP contribution is 2.53. The monoisotopic (exact) mass is 766 g/mol. The molecule has 0 radical (unpaired) electrons. The number of para-hydroxylation sites is 5. The SMILES string of the molecule is c1ccc(N(c2ccccc2)c2ccc3c4c2-c2c(ccc5oc6ccccc6c25)B4c2ccc4oc5ccccc5c4c2N3c2cccc3oc4ccccc4c23)cc1. The molecular formula is C54H31BN2O3. The molecule has 9 aromatic carbocycles. The van der Waals surface area contributed by atoms with Crippen molar-refractivity contribution in [2.75, 3.05) is 9.80 Å². The lowest BCUT2D eigenvalue weighted by Crippen LogP contribution is -2.54. The predicted octanol–water partition coefficient (Wildman–Crippen LogP) is 13.1. The molecule has 3 aromatic heterocycles. The summed E-state index contributed by atoms with van der Waals surface area (Å²) in [5, 5.41) is 6.60. The maximum atomic E-state index is 6.67. The van der Waals surface area contributed by atoms with Crippen LogP contribution in [0.2, 0.25) is 0 Å². The minimum atomic E-state index is -0.0824. The van der Waals surface area contributed by atoms with Crippen molar-refractivity contribution in [3.8, 4) is 11.1 Å². The van der Waals surface area contributed by atoms with E-state index in [0.717, 1.165) is 99.9 Å². The van der Waals surface area contributed by atoms with Crippen LogP contribution in [0.3, 0.4) is 0 Å². The first-order chi connectivity index (χ1) is 29.8. The second-order valence-electron chi connectivity index (χ2n) is 15.9. The molecule has 0 spiro atoms. The van der Waals surface area contributed by atoms with Gasteiger partial charge >= 0.3 is 0 Å². The minimum absolute atomic E-state index is 0.0824. The Morgan fingerprint density at radius 2 is 0.883 bits per heavy atom. The third kappa shape index (κ3) is 4.16. The van der Waals surface area contributed by atoms with Crippen LogP contribution in [0.5, 0.6) is 0 Å². The zero-order valence-electron chi connectivity index (χ0n) is 32.1. The van der Waals surface area contributed by atoms with Gasteiger partial charge in [-0.3, -0.25) is 0 Å². The lowest BCUT2D eigenvalue weighted by Gasteiger charge is -2.38. The third-order valence-electron chi connectivity index (χ3n) is 12.8. The molecule has 0 saturated heterocycles. The Morgan fingerprint density at radius 1 is 0.367 bits per heavy atom. The van der Waals surface area contributed by atoms with Crippen molar-refractivity contribution in [2.24, 2.45) is 0 Å². The molecule has 12 aromatic rings. The Labute approximate surface area is 344 Å². The lowest BCUT2D eigenvalue weighted by atomic mass is 9.37. The molecule has 2 aliphatic heterocycles. The van der Waals surface area contributed by atoms with Gasteiger partial charge in [-0.05, 0) is 95.4 Å². The molecule has 0 bridgehead atoms. The van der Waals surface area contributed by atoms with E-state index in [1.54, 1.807) is 0 Å². The van der Waals surface area contributed by atoms with E-state index in [-0.39, 0.29) is 6.71 Å². The second kappa shape index (κ2) is 11.8. The Bertz CT molecular complexity index is 3710. The number of fused-ring (bicyclic) bond motifs is 16. The van der Waals surface area contributed by atoms with Crippen molar-refractivity contribution in [3.05, 3.63) is 188 Å². The maximum absolute atomic E-state index is 6.67. The van der Waals surface area contributed by atoms with Gasteiger partial charge in [0.05, 0.1) is 27.8 Å². The van der Waals surface area contributed by atoms with Gasteiger partial charge in [0.2, 0.25) is 6.71 Å². The van der Waals surface area contributed by atoms with Crippen molar-refractivity contribution < 1.29 is 13.3 Å². The average Bonchev–Trinajstić information content (AvgIpc) is 4.07. The summed E-state index contributed by atoms with van der Waals surface area (Å²) in [4.78, 5) is 4.93. The Kier molecular flexibility index (Phi) is 6.31. The summed E-state index contributed by atoms with van der Waals surface area (Å²) in [5.41, 5.74) is 18.0. The second-order valence-corrected chi connectivity index (χ2v) is 15.9. The van der Waals surface area contributed by atoms with Gasteiger partial charge < -0.3 is 23.1 Å². The number of benzene rings is 9. The van der Waals surface area contributed by atoms with E-state index >= 15 is 0 Å². The van der Waals surface area contributed by atoms with Gasteiger partial charge in [-0.15, -0.1) is 0 Å². The molecule has 5 nitrogen and oxygen atoms in total. The summed E-state index contributed by atoms with van der Waals surface area (Å²) in [5.74, 6) is 0. The number of hydrogen-bond donors (Lipinski definition) is 0. The molecule has 0 saturated carbocycles. The highest BCUT2D eigenvalue weighted by Gasteiger charge is 2.46. The van der Waals surface area contributed by atoms with E-state index in [1.165, 1.54) is 27.5 Å². The topological polar surface area (TPSA) is 45.9 Å². The van der Waals surface area contributed by atoms with Gasteiger partial charge in [-0.25, -0.2) is 0 Å². The van der Waals surface area contributed by atoms with Crippen LogP contribution in [0.1, 0.15) is 0 Å². The normalized spacial score (nSPS) is 12.9. The van der Waals surface area contributed by atoms with Crippen LogP contribution in [0.15, 0.2) is 201 Å². The van der Waals surface area contributed by atoms with Crippen molar-refractivity contribution >= 4 is 123 Å². The average molecular weight is 767 g/mol. The fourth-order valence-electron chi connectivity index (χ4n) is 10.5. The van der Waals surface area contributed by atoms with E-state index in [4.69, 9.17) is 13.3 Å². The summed E-state index contributed by atoms with van der Waals surface area (Å²) >= 11 is 0. The molecule has 0 amide bonds. The molecule has 0 unspecified atom stereocenters. The first-order valence-corrected chi connectivity index (χ1v) is 20.5. The predicted molar refractivity (Wildman–Crippen MR) is 248 cm³/mol. The van der Waals surface area contributed by atoms with Gasteiger partial charge in [-0.2, -0.15) is 0 Å². The van der Waals surface area contributed by atoms with Crippen molar-refractivity contribution in [1.29, 1.82) is 0 Å². The van der Waals surface area contributed by atoms with E-state index in [0.29, 0.717) is 0 Å². The van der Waals surface area contributed by atoms with Gasteiger partial charge in [0.1, 0.15) is 33.5 Å². The maximum Gasteiger partial charge on any atom is 0.248 e. The van der Waals surface area contributed by atoms with Gasteiger partial charge in [0.15, 0.2) is 0 Å². The van der Waals surface area contributed by atoms with Gasteiger partial charge in [0.25, 0.3) is 0 Å². The van der Waals surface area contributed by atoms with Crippen LogP contribution in [0.4, 0.5) is 34.1 Å². The van der Waals surface area contributed by atoms with Gasteiger partial charge in [0, 0.05) is 44.2 Å². The molecule has 5 heterocycles. The molecule has 0 aliphatic carbocycles. The largest absolute Gasteiger partial charge is 0.456 e. The molecule has 60 heavy (non-hydrogen) atoms. The molecular weight excluding hydrogens is 735 g/mol. The Morgan fingerprint density at radius 3 is 1.53 bits per heavy atom. The molecule has 2 aliphatic rings. The van der Waals surface area contributed by atoms with E-state index in [2.05, 4.69) is 192 Å². The molecule has 278 valence electrons. The Balaban J connectivity index is 1.19. The fourth-order valence-corrected chi connectivity index (χ4v) is 10.5. The fraction of sp³-hybridized carbons (Fsp3) is 0. The summed E-state index contributed by atoms with van der Waals surface area (Å²) in [6, 6.07) is 66.9. The first kappa shape index (κ1) is 32.1. The van der Waals surface area contributed by atoms with E-state index in [1.807, 2.05) is 6.07 Å². The molecule has 0 N–H and O–H groups in total. The van der Waals surface area contributed by atoms with Crippen LogP contribution >= 0.6 is 0 Å². The van der Waals surface area contributed by atoms with Crippen molar-refractivity contribution in [1.82, 2.24) is 0 Å². The van der Waals surface area contributed by atoms with Crippen LogP contribution in [-0.4, -0.2) is 6.71 Å². The third-order valence-corrected chi connectivity index (χ3v) is 12.8. The first-order valence-electron chi connectivity index (χ1n) is 20.5. The quantitative estimate of drug-likeness (QED) is 0.167. The zero-order chi connectivity index (χ0) is 39.1. The Hall–Kier alpha value is -7.96. The summed E-state index contributed by atoms with van der Waals surface area (Å²) in [6.07, 6.45) is 0. The molecule has 0 atom stereocenters. The molecule has 0 fully saturated rings. The van der Waals surface area contributed by atoms with Crippen LogP contribution < -0.4 is 26.2 Å². The van der Waals surface area contributed by atoms with E-state index < -0.39 is 0 Å². The number of rotatable bonds is 4. The standard InChI is InChI=1S/C54H31BN2O3/c1-3-14-32(15-4-1)56(33-16-5-2-6-17-33)40-28-29-41-53-52(40)51-37(26-30-46-49(51)35-19-8-11-23-43(35)59-46)55(53)38-27-31-47-50(36-20-9-12-24-44(36)60-47)54(38)57(41)39-21-13-25-45-48(39)34-18-7-10-22-42(34)58-45/h1-31H. The number of furan rings is 3. The van der Waals surface area contributed by atoms with Crippen molar-refractivity contribution in [2.45, 2.75) is 0 Å². The van der Waals surface area contributed by atoms with Gasteiger partial charge in [-0.1, -0.05) is 115 Å². The van der Waals surface area contributed by atoms with Crippen LogP contribution in [0.25, 0.3) is 76.9 Å². The minimum Gasteiger partial charge on any atom is -0.456 e. The zero-order valence-corrected chi connectivity index (χ0v) is 32.1. The highest BCUT2D eigenvalue weighted by atomic mass is 16.3. The number of hydrogen-bond acceptors (Lipinski definition) is 5. The van der Waals surface area contributed by atoms with Crippen molar-refractivity contribution in [3.63, 3.8) is 0 Å². The van der Waals surface area contributed by atoms with Crippen LogP contribution in [0, 0.1) is 0 Å². The molecule has 14 rings (SSSR count). The lowest BCUT2D eigenvalue weighted by molar-refractivity contribution is 0.668. The smallest absolute Gasteiger partial charge is 0.248 e. The highest BCUT2D eigenvalue weighted by molar-refractivity contribution is 7.02. The van der Waals surface area contributed by atoms with E-state index in [9.17, 15) is 0 Å². The van der Waals surface area contributed by atoms with Crippen LogP contribution in [-0.2, 0) is 0 Å². The summed E-state index contributed by atoms with van der Waals surface area (Å²) in [7, 11) is 0. The molecule has 6 heteroatoms. The summed E-state index contributed by atoms with van der Waals surface area (Å²) in [6.45, 7) is -0.0824. The number of anilines is 6. The summed E-state index contributed by atoms with van der Waals surface area (Å²) < 4.78 is 19.9.